The van der Waals surface area contributed by atoms with Gasteiger partial charge in [0, 0.05) is 25.2 Å². The Labute approximate surface area is 156 Å². The van der Waals surface area contributed by atoms with E-state index in [-0.39, 0.29) is 5.91 Å². The molecule has 5 nitrogen and oxygen atoms in total. The quantitative estimate of drug-likeness (QED) is 0.747. The number of aryl methyl sites for hydroxylation is 1. The van der Waals surface area contributed by atoms with Crippen LogP contribution in [0.3, 0.4) is 0 Å². The van der Waals surface area contributed by atoms with Gasteiger partial charge >= 0.3 is 0 Å². The van der Waals surface area contributed by atoms with E-state index in [9.17, 15) is 4.79 Å². The largest absolute Gasteiger partial charge is 0.378 e. The zero-order chi connectivity index (χ0) is 17.8. The van der Waals surface area contributed by atoms with Crippen molar-refractivity contribution >= 4 is 38.3 Å². The van der Waals surface area contributed by atoms with Gasteiger partial charge in [-0.25, -0.2) is 4.98 Å². The molecular weight excluding hydrogens is 346 g/mol. The number of hydrogen-bond acceptors (Lipinski definition) is 5. The second-order valence-corrected chi connectivity index (χ2v) is 7.32. The van der Waals surface area contributed by atoms with E-state index in [0.29, 0.717) is 6.42 Å². The molecule has 1 amide bonds. The molecule has 0 atom stereocenters. The van der Waals surface area contributed by atoms with Crippen LogP contribution in [-0.2, 0) is 16.0 Å². The Morgan fingerprint density at radius 2 is 1.96 bits per heavy atom. The molecule has 4 rings (SSSR count). The first-order valence-corrected chi connectivity index (χ1v) is 9.67. The summed E-state index contributed by atoms with van der Waals surface area (Å²) in [4.78, 5) is 19.2. The van der Waals surface area contributed by atoms with Crippen LogP contribution in [0.2, 0.25) is 0 Å². The summed E-state index contributed by atoms with van der Waals surface area (Å²) in [6.45, 7) is 3.25. The number of carbonyl (C=O) groups is 1. The number of anilines is 2. The third kappa shape index (κ3) is 4.03. The molecule has 1 fully saturated rings. The van der Waals surface area contributed by atoms with Crippen molar-refractivity contribution in [1.29, 1.82) is 0 Å². The van der Waals surface area contributed by atoms with E-state index >= 15 is 0 Å². The van der Waals surface area contributed by atoms with Crippen LogP contribution in [0, 0.1) is 0 Å². The summed E-state index contributed by atoms with van der Waals surface area (Å²) in [7, 11) is 0. The molecule has 6 heteroatoms. The molecule has 0 radical (unpaired) electrons. The minimum Gasteiger partial charge on any atom is -0.378 e. The number of benzene rings is 2. The van der Waals surface area contributed by atoms with E-state index < -0.39 is 0 Å². The number of aromatic nitrogens is 1. The molecule has 1 aliphatic rings. The SMILES string of the molecule is O=C(CCc1ccccc1)Nc1ccc2nc(N3CCOCC3)sc2c1. The van der Waals surface area contributed by atoms with Crippen molar-refractivity contribution in [2.75, 3.05) is 36.5 Å². The molecule has 134 valence electrons. The van der Waals surface area contributed by atoms with Crippen LogP contribution in [0.25, 0.3) is 10.2 Å². The van der Waals surface area contributed by atoms with Gasteiger partial charge in [0.25, 0.3) is 0 Å². The monoisotopic (exact) mass is 367 g/mol. The molecule has 1 N–H and O–H groups in total. The Balaban J connectivity index is 1.41. The standard InChI is InChI=1S/C20H21N3O2S/c24-19(9-6-15-4-2-1-3-5-15)21-16-7-8-17-18(14-16)26-20(22-17)23-10-12-25-13-11-23/h1-5,7-8,14H,6,9-13H2,(H,21,24). The summed E-state index contributed by atoms with van der Waals surface area (Å²) < 4.78 is 6.49. The van der Waals surface area contributed by atoms with E-state index in [1.54, 1.807) is 11.3 Å². The fraction of sp³-hybridized carbons (Fsp3) is 0.300. The summed E-state index contributed by atoms with van der Waals surface area (Å²) in [5.41, 5.74) is 2.97. The fourth-order valence-corrected chi connectivity index (χ4v) is 4.06. The number of nitrogens with zero attached hydrogens (tertiary/aromatic N) is 2. The third-order valence-electron chi connectivity index (χ3n) is 4.43. The summed E-state index contributed by atoms with van der Waals surface area (Å²) in [6.07, 6.45) is 1.22. The summed E-state index contributed by atoms with van der Waals surface area (Å²) in [5.74, 6) is 0.0334. The minimum atomic E-state index is 0.0334. The molecule has 26 heavy (non-hydrogen) atoms. The van der Waals surface area contributed by atoms with Gasteiger partial charge in [-0.05, 0) is 30.2 Å². The number of hydrogen-bond donors (Lipinski definition) is 1. The lowest BCUT2D eigenvalue weighted by molar-refractivity contribution is -0.116. The number of rotatable bonds is 5. The van der Waals surface area contributed by atoms with Crippen molar-refractivity contribution in [3.63, 3.8) is 0 Å². The van der Waals surface area contributed by atoms with Gasteiger partial charge in [0.05, 0.1) is 23.4 Å². The first kappa shape index (κ1) is 17.0. The number of fused-ring (bicyclic) bond motifs is 1. The maximum Gasteiger partial charge on any atom is 0.224 e. The number of carbonyl (C=O) groups excluding carboxylic acids is 1. The lowest BCUT2D eigenvalue weighted by atomic mass is 10.1. The van der Waals surface area contributed by atoms with Crippen LogP contribution < -0.4 is 10.2 Å². The van der Waals surface area contributed by atoms with E-state index in [4.69, 9.17) is 9.72 Å². The van der Waals surface area contributed by atoms with Crippen molar-refractivity contribution < 1.29 is 9.53 Å². The molecule has 1 aromatic heterocycles. The van der Waals surface area contributed by atoms with Crippen LogP contribution in [0.1, 0.15) is 12.0 Å². The van der Waals surface area contributed by atoms with Crippen molar-refractivity contribution in [3.05, 3.63) is 54.1 Å². The summed E-state index contributed by atoms with van der Waals surface area (Å²) in [5, 5.41) is 4.02. The van der Waals surface area contributed by atoms with Gasteiger partial charge in [0.15, 0.2) is 5.13 Å². The molecular formula is C20H21N3O2S. The normalized spacial score (nSPS) is 14.5. The molecule has 3 aromatic rings. The molecule has 0 bridgehead atoms. The van der Waals surface area contributed by atoms with Crippen LogP contribution in [0.4, 0.5) is 10.8 Å². The molecule has 0 spiro atoms. The maximum atomic E-state index is 12.2. The van der Waals surface area contributed by atoms with Crippen LogP contribution in [0.5, 0.6) is 0 Å². The molecule has 0 aliphatic carbocycles. The zero-order valence-electron chi connectivity index (χ0n) is 14.5. The summed E-state index contributed by atoms with van der Waals surface area (Å²) in [6, 6.07) is 16.0. The van der Waals surface area contributed by atoms with Gasteiger partial charge in [0.1, 0.15) is 0 Å². The molecule has 2 heterocycles. The average Bonchev–Trinajstić information content (AvgIpc) is 3.11. The van der Waals surface area contributed by atoms with Gasteiger partial charge in [-0.3, -0.25) is 4.79 Å². The number of thiazole rings is 1. The van der Waals surface area contributed by atoms with Crippen molar-refractivity contribution in [3.8, 4) is 0 Å². The predicted molar refractivity (Wildman–Crippen MR) is 106 cm³/mol. The molecule has 2 aromatic carbocycles. The van der Waals surface area contributed by atoms with Crippen LogP contribution in [-0.4, -0.2) is 37.2 Å². The molecule has 0 unspecified atom stereocenters. The zero-order valence-corrected chi connectivity index (χ0v) is 15.3. The second-order valence-electron chi connectivity index (χ2n) is 6.31. The van der Waals surface area contributed by atoms with Crippen molar-refractivity contribution in [1.82, 2.24) is 4.98 Å². The summed E-state index contributed by atoms with van der Waals surface area (Å²) >= 11 is 1.66. The Morgan fingerprint density at radius 3 is 2.77 bits per heavy atom. The number of amides is 1. The van der Waals surface area contributed by atoms with E-state index in [2.05, 4.69) is 10.2 Å². The second kappa shape index (κ2) is 7.85. The number of morpholine rings is 1. The van der Waals surface area contributed by atoms with Gasteiger partial charge in [-0.1, -0.05) is 41.7 Å². The smallest absolute Gasteiger partial charge is 0.224 e. The highest BCUT2D eigenvalue weighted by Gasteiger charge is 2.15. The van der Waals surface area contributed by atoms with E-state index in [1.165, 1.54) is 5.56 Å². The lowest BCUT2D eigenvalue weighted by Crippen LogP contribution is -2.36. The van der Waals surface area contributed by atoms with Gasteiger partial charge in [-0.15, -0.1) is 0 Å². The van der Waals surface area contributed by atoms with E-state index in [1.807, 2.05) is 48.5 Å². The third-order valence-corrected chi connectivity index (χ3v) is 5.51. The molecule has 1 saturated heterocycles. The fourth-order valence-electron chi connectivity index (χ4n) is 3.01. The van der Waals surface area contributed by atoms with E-state index in [0.717, 1.165) is 53.8 Å². The number of ether oxygens (including phenoxy) is 1. The molecule has 0 saturated carbocycles. The van der Waals surface area contributed by atoms with Crippen LogP contribution in [0.15, 0.2) is 48.5 Å². The van der Waals surface area contributed by atoms with Gasteiger partial charge in [0.2, 0.25) is 5.91 Å². The maximum absolute atomic E-state index is 12.2. The first-order chi connectivity index (χ1) is 12.8. The first-order valence-electron chi connectivity index (χ1n) is 8.85. The van der Waals surface area contributed by atoms with Crippen molar-refractivity contribution in [2.24, 2.45) is 0 Å². The van der Waals surface area contributed by atoms with Gasteiger partial charge in [-0.2, -0.15) is 0 Å². The molecule has 1 aliphatic heterocycles. The van der Waals surface area contributed by atoms with Crippen LogP contribution >= 0.6 is 11.3 Å². The average molecular weight is 367 g/mol. The minimum absolute atomic E-state index is 0.0334. The highest BCUT2D eigenvalue weighted by Crippen LogP contribution is 2.31. The Morgan fingerprint density at radius 1 is 1.15 bits per heavy atom. The number of nitrogens with one attached hydrogen (secondary N) is 1. The Kier molecular flexibility index (Phi) is 5.13. The highest BCUT2D eigenvalue weighted by atomic mass is 32.1. The Hall–Kier alpha value is -2.44. The van der Waals surface area contributed by atoms with Gasteiger partial charge < -0.3 is 15.0 Å². The highest BCUT2D eigenvalue weighted by molar-refractivity contribution is 7.22. The lowest BCUT2D eigenvalue weighted by Gasteiger charge is -2.25. The van der Waals surface area contributed by atoms with Crippen molar-refractivity contribution in [2.45, 2.75) is 12.8 Å². The Bertz CT molecular complexity index is 888. The topological polar surface area (TPSA) is 54.5 Å². The predicted octanol–water partition coefficient (Wildman–Crippen LogP) is 3.70.